The van der Waals surface area contributed by atoms with Crippen LogP contribution in [0.5, 0.6) is 5.75 Å². The van der Waals surface area contributed by atoms with Crippen LogP contribution >= 0.6 is 23.2 Å². The van der Waals surface area contributed by atoms with Gasteiger partial charge in [-0.15, -0.1) is 0 Å². The molecule has 0 spiro atoms. The highest BCUT2D eigenvalue weighted by atomic mass is 35.5. The highest BCUT2D eigenvalue weighted by molar-refractivity contribution is 6.39. The largest absolute Gasteiger partial charge is 0.493 e. The van der Waals surface area contributed by atoms with Crippen molar-refractivity contribution in [1.82, 2.24) is 19.6 Å². The SMILES string of the molecule is CCCN(CCC)CCCN1CCN(C(=O)C(=O)N2C(c3ccc(C(F)(F)F)cc3OCC)=NC(c3ccc(Cl)cc3)C2c2ccc(Cl)cc2)CC1. The molecule has 280 valence electrons. The van der Waals surface area contributed by atoms with Gasteiger partial charge in [0.05, 0.1) is 23.8 Å². The highest BCUT2D eigenvalue weighted by Crippen LogP contribution is 2.46. The van der Waals surface area contributed by atoms with Crippen molar-refractivity contribution < 1.29 is 27.5 Å². The number of ether oxygens (including phenoxy) is 1. The van der Waals surface area contributed by atoms with Crippen LogP contribution in [-0.2, 0) is 15.8 Å². The lowest BCUT2D eigenvalue weighted by atomic mass is 9.93. The molecule has 2 atom stereocenters. The minimum Gasteiger partial charge on any atom is -0.493 e. The van der Waals surface area contributed by atoms with Crippen molar-refractivity contribution in [3.63, 3.8) is 0 Å². The molecular weight excluding hydrogens is 714 g/mol. The molecule has 1 fully saturated rings. The Bertz CT molecular complexity index is 1690. The molecule has 2 heterocycles. The number of aliphatic imine (C=N–C) groups is 1. The molecule has 13 heteroatoms. The molecule has 0 bridgehead atoms. The van der Waals surface area contributed by atoms with Crippen LogP contribution in [0.1, 0.15) is 74.4 Å². The third kappa shape index (κ3) is 9.47. The predicted molar refractivity (Wildman–Crippen MR) is 199 cm³/mol. The summed E-state index contributed by atoms with van der Waals surface area (Å²) >= 11 is 12.5. The van der Waals surface area contributed by atoms with Gasteiger partial charge in [0.25, 0.3) is 0 Å². The van der Waals surface area contributed by atoms with Crippen LogP contribution in [0, 0.1) is 0 Å². The van der Waals surface area contributed by atoms with E-state index in [0.717, 1.165) is 57.6 Å². The van der Waals surface area contributed by atoms with Gasteiger partial charge in [-0.05, 0) is 106 Å². The number of benzene rings is 3. The number of amidine groups is 1. The first kappa shape index (κ1) is 39.6. The number of carbonyl (C=O) groups is 2. The van der Waals surface area contributed by atoms with E-state index in [1.54, 1.807) is 60.4 Å². The minimum atomic E-state index is -4.63. The average Bonchev–Trinajstić information content (AvgIpc) is 3.52. The molecule has 0 N–H and O–H groups in total. The first-order valence-corrected chi connectivity index (χ1v) is 18.7. The van der Waals surface area contributed by atoms with E-state index in [1.807, 2.05) is 0 Å². The Balaban J connectivity index is 1.47. The fraction of sp³-hybridized carbons (Fsp3) is 0.462. The Morgan fingerprint density at radius 3 is 1.98 bits per heavy atom. The van der Waals surface area contributed by atoms with E-state index in [2.05, 4.69) is 23.6 Å². The van der Waals surface area contributed by atoms with Crippen LogP contribution < -0.4 is 4.74 Å². The third-order valence-corrected chi connectivity index (χ3v) is 9.93. The Morgan fingerprint density at radius 1 is 0.827 bits per heavy atom. The van der Waals surface area contributed by atoms with Gasteiger partial charge in [-0.3, -0.25) is 24.4 Å². The number of alkyl halides is 3. The molecule has 8 nitrogen and oxygen atoms in total. The van der Waals surface area contributed by atoms with Gasteiger partial charge >= 0.3 is 18.0 Å². The molecule has 2 aliphatic heterocycles. The number of hydrogen-bond donors (Lipinski definition) is 0. The zero-order chi connectivity index (χ0) is 37.4. The van der Waals surface area contributed by atoms with E-state index in [9.17, 15) is 22.8 Å². The summed E-state index contributed by atoms with van der Waals surface area (Å²) in [6.07, 6.45) is -1.38. The van der Waals surface area contributed by atoms with E-state index in [4.69, 9.17) is 32.9 Å². The first-order valence-electron chi connectivity index (χ1n) is 17.9. The van der Waals surface area contributed by atoms with Gasteiger partial charge in [-0.2, -0.15) is 13.2 Å². The lowest BCUT2D eigenvalue weighted by molar-refractivity contribution is -0.151. The number of halogens is 5. The number of rotatable bonds is 13. The predicted octanol–water partition coefficient (Wildman–Crippen LogP) is 8.14. The summed E-state index contributed by atoms with van der Waals surface area (Å²) in [6.45, 7) is 12.2. The topological polar surface area (TPSA) is 68.7 Å². The van der Waals surface area contributed by atoms with Crippen molar-refractivity contribution in [2.45, 2.75) is 58.3 Å². The molecule has 1 saturated heterocycles. The Hall–Kier alpha value is -3.64. The van der Waals surface area contributed by atoms with Gasteiger partial charge in [0.2, 0.25) is 0 Å². The first-order chi connectivity index (χ1) is 24.9. The Labute approximate surface area is 314 Å². The number of amides is 2. The van der Waals surface area contributed by atoms with E-state index < -0.39 is 35.6 Å². The molecule has 0 aliphatic carbocycles. The van der Waals surface area contributed by atoms with Crippen LogP contribution in [0.3, 0.4) is 0 Å². The molecule has 0 aromatic heterocycles. The second-order valence-corrected chi connectivity index (χ2v) is 14.0. The molecule has 2 aliphatic rings. The van der Waals surface area contributed by atoms with Crippen molar-refractivity contribution in [2.24, 2.45) is 4.99 Å². The smallest absolute Gasteiger partial charge is 0.416 e. The molecular formula is C39H46Cl2F3N5O3. The van der Waals surface area contributed by atoms with Gasteiger partial charge in [-0.1, -0.05) is 61.3 Å². The van der Waals surface area contributed by atoms with Crippen LogP contribution in [-0.4, -0.2) is 96.2 Å². The van der Waals surface area contributed by atoms with Crippen LogP contribution in [0.4, 0.5) is 13.2 Å². The monoisotopic (exact) mass is 759 g/mol. The summed E-state index contributed by atoms with van der Waals surface area (Å²) < 4.78 is 47.2. The molecule has 5 rings (SSSR count). The van der Waals surface area contributed by atoms with Crippen LogP contribution in [0.25, 0.3) is 0 Å². The van der Waals surface area contributed by atoms with E-state index in [1.165, 1.54) is 11.0 Å². The summed E-state index contributed by atoms with van der Waals surface area (Å²) in [7, 11) is 0. The fourth-order valence-corrected chi connectivity index (χ4v) is 7.18. The Morgan fingerprint density at radius 2 is 1.42 bits per heavy atom. The van der Waals surface area contributed by atoms with Crippen LogP contribution in [0.2, 0.25) is 10.0 Å². The van der Waals surface area contributed by atoms with Crippen molar-refractivity contribution in [2.75, 3.05) is 59.0 Å². The molecule has 0 radical (unpaired) electrons. The molecule has 52 heavy (non-hydrogen) atoms. The Kier molecular flexibility index (Phi) is 13.6. The van der Waals surface area contributed by atoms with Gasteiger partial charge in [0.1, 0.15) is 17.6 Å². The zero-order valence-electron chi connectivity index (χ0n) is 29.8. The quantitative estimate of drug-likeness (QED) is 0.165. The summed E-state index contributed by atoms with van der Waals surface area (Å²) in [5.74, 6) is -1.60. The third-order valence-electron chi connectivity index (χ3n) is 9.43. The average molecular weight is 761 g/mol. The molecule has 0 saturated carbocycles. The molecule has 3 aromatic carbocycles. The maximum absolute atomic E-state index is 14.6. The second-order valence-electron chi connectivity index (χ2n) is 13.1. The summed E-state index contributed by atoms with van der Waals surface area (Å²) in [6, 6.07) is 15.4. The lowest BCUT2D eigenvalue weighted by Gasteiger charge is -2.36. The number of nitrogens with zero attached hydrogens (tertiary/aromatic N) is 5. The van der Waals surface area contributed by atoms with Gasteiger partial charge in [-0.25, -0.2) is 0 Å². The van der Waals surface area contributed by atoms with Gasteiger partial charge in [0.15, 0.2) is 0 Å². The van der Waals surface area contributed by atoms with E-state index >= 15 is 0 Å². The van der Waals surface area contributed by atoms with Crippen molar-refractivity contribution in [3.8, 4) is 5.75 Å². The maximum atomic E-state index is 14.6. The van der Waals surface area contributed by atoms with E-state index in [-0.39, 0.29) is 23.8 Å². The minimum absolute atomic E-state index is 0.0396. The molecule has 3 aromatic rings. The maximum Gasteiger partial charge on any atom is 0.416 e. The van der Waals surface area contributed by atoms with Crippen LogP contribution in [0.15, 0.2) is 71.7 Å². The van der Waals surface area contributed by atoms with Gasteiger partial charge in [0, 0.05) is 36.2 Å². The summed E-state index contributed by atoms with van der Waals surface area (Å²) in [5.41, 5.74) is 0.590. The number of hydrogen-bond acceptors (Lipinski definition) is 6. The summed E-state index contributed by atoms with van der Waals surface area (Å²) in [5, 5.41) is 0.972. The van der Waals surface area contributed by atoms with E-state index in [0.29, 0.717) is 47.4 Å². The molecule has 2 unspecified atom stereocenters. The van der Waals surface area contributed by atoms with Gasteiger partial charge < -0.3 is 14.5 Å². The van der Waals surface area contributed by atoms with Crippen molar-refractivity contribution >= 4 is 40.9 Å². The number of carbonyl (C=O) groups excluding carboxylic acids is 2. The fourth-order valence-electron chi connectivity index (χ4n) is 6.92. The molecule has 2 amide bonds. The zero-order valence-corrected chi connectivity index (χ0v) is 31.4. The van der Waals surface area contributed by atoms with Crippen molar-refractivity contribution in [1.29, 1.82) is 0 Å². The highest BCUT2D eigenvalue weighted by Gasteiger charge is 2.46. The number of piperazine rings is 1. The summed E-state index contributed by atoms with van der Waals surface area (Å²) in [4.78, 5) is 41.5. The second kappa shape index (κ2) is 17.9. The van der Waals surface area contributed by atoms with Crippen molar-refractivity contribution in [3.05, 3.63) is 99.0 Å². The standard InChI is InChI=1S/C39H46Cl2F3N5O3/c1-4-18-46(19-5-2)20-7-21-47-22-24-48(25-23-47)37(50)38(51)49-35(28-10-15-31(41)16-11-28)34(27-8-13-30(40)14-9-27)45-36(49)32-17-12-29(39(42,43)44)26-33(32)52-6-3/h8-17,26,34-35H,4-7,18-25H2,1-3H3. The normalized spacial score (nSPS) is 18.2. The lowest BCUT2D eigenvalue weighted by Crippen LogP contribution is -2.54.